The molecule has 3 nitrogen and oxygen atoms in total. The third kappa shape index (κ3) is 1.76. The maximum atomic E-state index is 11.5. The standard InChI is InChI=1S/C10H19NO2/c1-5-10(4)7-8(12)6-9(2,3)11(10)13/h13H,5-7H2,1-4H3. The molecule has 1 N–H and O–H groups in total. The van der Waals surface area contributed by atoms with Crippen molar-refractivity contribution >= 4 is 5.78 Å². The van der Waals surface area contributed by atoms with E-state index in [4.69, 9.17) is 0 Å². The average Bonchev–Trinajstić information content (AvgIpc) is 1.99. The van der Waals surface area contributed by atoms with Gasteiger partial charge in [-0.25, -0.2) is 0 Å². The molecular weight excluding hydrogens is 166 g/mol. The summed E-state index contributed by atoms with van der Waals surface area (Å²) in [5.41, 5.74) is -0.793. The lowest BCUT2D eigenvalue weighted by atomic mass is 9.79. The fourth-order valence-corrected chi connectivity index (χ4v) is 2.13. The topological polar surface area (TPSA) is 40.5 Å². The molecular formula is C10H19NO2. The minimum atomic E-state index is -0.417. The molecule has 0 aromatic rings. The third-order valence-electron chi connectivity index (χ3n) is 3.05. The van der Waals surface area contributed by atoms with Crippen LogP contribution in [0.15, 0.2) is 0 Å². The van der Waals surface area contributed by atoms with Gasteiger partial charge in [-0.3, -0.25) is 4.79 Å². The van der Waals surface area contributed by atoms with E-state index in [9.17, 15) is 10.0 Å². The molecule has 1 rings (SSSR count). The number of carbonyl (C=O) groups is 1. The van der Waals surface area contributed by atoms with E-state index in [1.54, 1.807) is 0 Å². The first-order valence-electron chi connectivity index (χ1n) is 4.83. The van der Waals surface area contributed by atoms with Crippen LogP contribution in [-0.2, 0) is 4.79 Å². The van der Waals surface area contributed by atoms with Gasteiger partial charge in [0.25, 0.3) is 0 Å². The Hall–Kier alpha value is -0.410. The molecule has 0 bridgehead atoms. The lowest BCUT2D eigenvalue weighted by Crippen LogP contribution is -2.60. The number of carbonyl (C=O) groups excluding carboxylic acids is 1. The molecule has 76 valence electrons. The molecule has 1 atom stereocenters. The zero-order chi connectivity index (χ0) is 10.3. The minimum absolute atomic E-state index is 0.250. The van der Waals surface area contributed by atoms with Crippen LogP contribution in [0.2, 0.25) is 0 Å². The number of nitrogens with zero attached hydrogens (tertiary/aromatic N) is 1. The summed E-state index contributed by atoms with van der Waals surface area (Å²) in [6.45, 7) is 7.74. The van der Waals surface area contributed by atoms with Crippen LogP contribution in [0.3, 0.4) is 0 Å². The Labute approximate surface area is 79.7 Å². The molecule has 0 spiro atoms. The summed E-state index contributed by atoms with van der Waals surface area (Å²) in [5, 5.41) is 11.3. The van der Waals surface area contributed by atoms with Gasteiger partial charge in [-0.1, -0.05) is 6.92 Å². The molecule has 0 aromatic carbocycles. The quantitative estimate of drug-likeness (QED) is 0.679. The van der Waals surface area contributed by atoms with Crippen molar-refractivity contribution in [1.82, 2.24) is 5.06 Å². The van der Waals surface area contributed by atoms with Crippen LogP contribution in [0.1, 0.15) is 47.0 Å². The van der Waals surface area contributed by atoms with E-state index in [1.807, 2.05) is 27.7 Å². The highest BCUT2D eigenvalue weighted by molar-refractivity contribution is 5.81. The molecule has 1 heterocycles. The molecule has 1 fully saturated rings. The summed E-state index contributed by atoms with van der Waals surface area (Å²) in [7, 11) is 0. The van der Waals surface area contributed by atoms with Crippen molar-refractivity contribution in [1.29, 1.82) is 0 Å². The lowest BCUT2D eigenvalue weighted by Gasteiger charge is -2.49. The first-order chi connectivity index (χ1) is 5.82. The number of hydrogen-bond donors (Lipinski definition) is 1. The molecule has 1 aliphatic heterocycles. The van der Waals surface area contributed by atoms with Gasteiger partial charge >= 0.3 is 0 Å². The van der Waals surface area contributed by atoms with Crippen LogP contribution in [0.5, 0.6) is 0 Å². The maximum absolute atomic E-state index is 11.5. The molecule has 1 unspecified atom stereocenters. The van der Waals surface area contributed by atoms with Crippen molar-refractivity contribution in [3.8, 4) is 0 Å². The molecule has 0 saturated carbocycles. The number of Topliss-reactive ketones (excluding diaryl/α,β-unsaturated/α-hetero) is 1. The number of ketones is 1. The summed E-state index contributed by atoms with van der Waals surface area (Å²) >= 11 is 0. The van der Waals surface area contributed by atoms with Gasteiger partial charge in [0.15, 0.2) is 0 Å². The Morgan fingerprint density at radius 2 is 1.92 bits per heavy atom. The maximum Gasteiger partial charge on any atom is 0.136 e. The van der Waals surface area contributed by atoms with E-state index in [2.05, 4.69) is 0 Å². The number of piperidine rings is 1. The van der Waals surface area contributed by atoms with Crippen molar-refractivity contribution < 1.29 is 10.0 Å². The predicted octanol–water partition coefficient (Wildman–Crippen LogP) is 1.99. The van der Waals surface area contributed by atoms with E-state index < -0.39 is 5.54 Å². The molecule has 0 aliphatic carbocycles. The van der Waals surface area contributed by atoms with Gasteiger partial charge in [0, 0.05) is 18.4 Å². The fraction of sp³-hybridized carbons (Fsp3) is 0.900. The second-order valence-electron chi connectivity index (χ2n) is 4.87. The second kappa shape index (κ2) is 3.07. The summed E-state index contributed by atoms with van der Waals surface area (Å²) in [5.74, 6) is 0.250. The highest BCUT2D eigenvalue weighted by Crippen LogP contribution is 2.36. The van der Waals surface area contributed by atoms with Gasteiger partial charge in [-0.2, -0.15) is 5.06 Å². The fourth-order valence-electron chi connectivity index (χ4n) is 2.13. The van der Waals surface area contributed by atoms with Crippen molar-refractivity contribution in [2.24, 2.45) is 0 Å². The minimum Gasteiger partial charge on any atom is -0.313 e. The summed E-state index contributed by atoms with van der Waals surface area (Å²) in [4.78, 5) is 11.5. The molecule has 3 heteroatoms. The van der Waals surface area contributed by atoms with Gasteiger partial charge in [0.05, 0.1) is 5.54 Å². The van der Waals surface area contributed by atoms with E-state index in [0.717, 1.165) is 6.42 Å². The predicted molar refractivity (Wildman–Crippen MR) is 50.6 cm³/mol. The van der Waals surface area contributed by atoms with Crippen molar-refractivity contribution in [2.45, 2.75) is 58.0 Å². The molecule has 0 radical (unpaired) electrons. The van der Waals surface area contributed by atoms with Crippen LogP contribution in [0.25, 0.3) is 0 Å². The zero-order valence-electron chi connectivity index (χ0n) is 8.92. The lowest BCUT2D eigenvalue weighted by molar-refractivity contribution is -0.242. The zero-order valence-corrected chi connectivity index (χ0v) is 8.92. The molecule has 1 aliphatic rings. The van der Waals surface area contributed by atoms with Gasteiger partial charge in [0.2, 0.25) is 0 Å². The van der Waals surface area contributed by atoms with Gasteiger partial charge in [-0.15, -0.1) is 0 Å². The van der Waals surface area contributed by atoms with Gasteiger partial charge < -0.3 is 5.21 Å². The Bertz CT molecular complexity index is 225. The average molecular weight is 185 g/mol. The SMILES string of the molecule is CCC1(C)CC(=O)CC(C)(C)N1O. The first kappa shape index (κ1) is 10.7. The summed E-state index contributed by atoms with van der Waals surface area (Å²) < 4.78 is 0. The van der Waals surface area contributed by atoms with Gasteiger partial charge in [0.1, 0.15) is 5.78 Å². The molecule has 0 amide bonds. The third-order valence-corrected chi connectivity index (χ3v) is 3.05. The number of hydroxylamine groups is 2. The highest BCUT2D eigenvalue weighted by atomic mass is 16.5. The number of hydrogen-bond acceptors (Lipinski definition) is 3. The number of rotatable bonds is 1. The van der Waals surface area contributed by atoms with E-state index >= 15 is 0 Å². The Balaban J connectivity index is 2.94. The Kier molecular flexibility index (Phi) is 2.52. The largest absolute Gasteiger partial charge is 0.313 e. The van der Waals surface area contributed by atoms with Crippen LogP contribution in [0, 0.1) is 0 Å². The molecule has 13 heavy (non-hydrogen) atoms. The van der Waals surface area contributed by atoms with E-state index in [1.165, 1.54) is 5.06 Å². The van der Waals surface area contributed by atoms with E-state index in [0.29, 0.717) is 12.8 Å². The first-order valence-corrected chi connectivity index (χ1v) is 4.83. The summed E-state index contributed by atoms with van der Waals surface area (Å²) in [6, 6.07) is 0. The highest BCUT2D eigenvalue weighted by Gasteiger charge is 2.46. The van der Waals surface area contributed by atoms with Crippen LogP contribution < -0.4 is 0 Å². The smallest absolute Gasteiger partial charge is 0.136 e. The van der Waals surface area contributed by atoms with Crippen molar-refractivity contribution in [3.05, 3.63) is 0 Å². The van der Waals surface area contributed by atoms with Crippen LogP contribution in [-0.4, -0.2) is 27.1 Å². The molecule has 0 aromatic heterocycles. The Morgan fingerprint density at radius 1 is 1.38 bits per heavy atom. The van der Waals surface area contributed by atoms with E-state index in [-0.39, 0.29) is 11.3 Å². The second-order valence-corrected chi connectivity index (χ2v) is 4.87. The normalized spacial score (nSPS) is 35.0. The van der Waals surface area contributed by atoms with Crippen molar-refractivity contribution in [2.75, 3.05) is 0 Å². The van der Waals surface area contributed by atoms with Crippen molar-refractivity contribution in [3.63, 3.8) is 0 Å². The molecule has 1 saturated heterocycles. The van der Waals surface area contributed by atoms with Gasteiger partial charge in [-0.05, 0) is 27.2 Å². The Morgan fingerprint density at radius 3 is 2.38 bits per heavy atom. The van der Waals surface area contributed by atoms with Crippen LogP contribution >= 0.6 is 0 Å². The monoisotopic (exact) mass is 185 g/mol. The van der Waals surface area contributed by atoms with Crippen LogP contribution in [0.4, 0.5) is 0 Å². The summed E-state index contributed by atoms with van der Waals surface area (Å²) in [6.07, 6.45) is 1.70.